The second-order valence-corrected chi connectivity index (χ2v) is 5.74. The minimum Gasteiger partial charge on any atom is -0.326 e. The third-order valence-electron chi connectivity index (χ3n) is 2.41. The molecule has 4 nitrogen and oxygen atoms in total. The van der Waals surface area contributed by atoms with E-state index in [9.17, 15) is 0 Å². The first-order chi connectivity index (χ1) is 8.31. The number of hydrogen-bond acceptors (Lipinski definition) is 6. The fraction of sp³-hybridized carbons (Fsp3) is 0.364. The van der Waals surface area contributed by atoms with Gasteiger partial charge in [-0.05, 0) is 30.1 Å². The first-order valence-electron chi connectivity index (χ1n) is 5.41. The Bertz CT molecular complexity index is 432. The van der Waals surface area contributed by atoms with Gasteiger partial charge in [-0.15, -0.1) is 0 Å². The Kier molecular flexibility index (Phi) is 4.47. The van der Waals surface area contributed by atoms with Crippen molar-refractivity contribution in [3.63, 3.8) is 0 Å². The Morgan fingerprint density at radius 3 is 2.88 bits per heavy atom. The molecule has 2 atom stereocenters. The largest absolute Gasteiger partial charge is 0.326 e. The molecule has 0 aliphatic heterocycles. The van der Waals surface area contributed by atoms with E-state index in [-0.39, 0.29) is 11.3 Å². The number of nitrogens with zero attached hydrogens (tertiary/aromatic N) is 3. The van der Waals surface area contributed by atoms with Gasteiger partial charge in [-0.25, -0.2) is 4.98 Å². The lowest BCUT2D eigenvalue weighted by Gasteiger charge is -2.20. The quantitative estimate of drug-likeness (QED) is 0.842. The normalized spacial score (nSPS) is 14.5. The molecular weight excluding hydrogens is 252 g/mol. The Labute approximate surface area is 109 Å². The summed E-state index contributed by atoms with van der Waals surface area (Å²) in [7, 11) is 0. The van der Waals surface area contributed by atoms with Gasteiger partial charge >= 0.3 is 0 Å². The standard InChI is InChI=1S/C11H14N4S2/c1-2-8(12)10(9-5-3-4-6-13-9)16-11-14-7-15-17-11/h3-8,10H,2,12H2,1H3. The minimum atomic E-state index is 0.0683. The average molecular weight is 266 g/mol. The maximum absolute atomic E-state index is 6.16. The fourth-order valence-electron chi connectivity index (χ4n) is 1.45. The van der Waals surface area contributed by atoms with Gasteiger partial charge in [0.25, 0.3) is 0 Å². The van der Waals surface area contributed by atoms with Gasteiger partial charge < -0.3 is 5.73 Å². The van der Waals surface area contributed by atoms with E-state index in [1.807, 2.05) is 18.2 Å². The van der Waals surface area contributed by atoms with E-state index in [0.717, 1.165) is 16.5 Å². The summed E-state index contributed by atoms with van der Waals surface area (Å²) in [6.45, 7) is 2.08. The second kappa shape index (κ2) is 6.09. The van der Waals surface area contributed by atoms with Crippen LogP contribution in [0.15, 0.2) is 35.1 Å². The van der Waals surface area contributed by atoms with Crippen molar-refractivity contribution in [1.29, 1.82) is 0 Å². The zero-order valence-corrected chi connectivity index (χ0v) is 11.1. The smallest absolute Gasteiger partial charge is 0.170 e. The van der Waals surface area contributed by atoms with Crippen LogP contribution >= 0.6 is 23.3 Å². The van der Waals surface area contributed by atoms with Crippen LogP contribution in [0.1, 0.15) is 24.3 Å². The molecule has 0 aromatic carbocycles. The van der Waals surface area contributed by atoms with Gasteiger partial charge in [-0.1, -0.05) is 24.8 Å². The molecule has 2 N–H and O–H groups in total. The Balaban J connectivity index is 2.20. The van der Waals surface area contributed by atoms with Crippen LogP contribution in [0.25, 0.3) is 0 Å². The van der Waals surface area contributed by atoms with Crippen LogP contribution in [0, 0.1) is 0 Å². The number of rotatable bonds is 5. The molecule has 0 aliphatic rings. The van der Waals surface area contributed by atoms with Gasteiger partial charge in [0.1, 0.15) is 6.33 Å². The van der Waals surface area contributed by atoms with Crippen molar-refractivity contribution in [3.8, 4) is 0 Å². The molecular formula is C11H14N4S2. The van der Waals surface area contributed by atoms with Crippen LogP contribution in [0.5, 0.6) is 0 Å². The molecule has 2 unspecified atom stereocenters. The molecule has 0 radical (unpaired) electrons. The van der Waals surface area contributed by atoms with Crippen molar-refractivity contribution >= 4 is 23.3 Å². The molecule has 0 saturated carbocycles. The van der Waals surface area contributed by atoms with Gasteiger partial charge in [0, 0.05) is 12.2 Å². The van der Waals surface area contributed by atoms with Crippen LogP contribution in [-0.4, -0.2) is 20.4 Å². The van der Waals surface area contributed by atoms with Crippen molar-refractivity contribution in [2.24, 2.45) is 5.73 Å². The first kappa shape index (κ1) is 12.5. The molecule has 0 fully saturated rings. The number of pyridine rings is 1. The molecule has 6 heteroatoms. The molecule has 0 bridgehead atoms. The van der Waals surface area contributed by atoms with Gasteiger partial charge in [-0.2, -0.15) is 4.37 Å². The Hall–Kier alpha value is -0.980. The van der Waals surface area contributed by atoms with E-state index in [1.54, 1.807) is 24.3 Å². The summed E-state index contributed by atoms with van der Waals surface area (Å²) in [5.74, 6) is 0. The average Bonchev–Trinajstić information content (AvgIpc) is 2.89. The number of thioether (sulfide) groups is 1. The molecule has 0 spiro atoms. The van der Waals surface area contributed by atoms with E-state index in [2.05, 4.69) is 21.3 Å². The number of aromatic nitrogens is 3. The van der Waals surface area contributed by atoms with Crippen molar-refractivity contribution in [2.75, 3.05) is 0 Å². The summed E-state index contributed by atoms with van der Waals surface area (Å²) in [4.78, 5) is 8.57. The van der Waals surface area contributed by atoms with Crippen LogP contribution in [0.4, 0.5) is 0 Å². The van der Waals surface area contributed by atoms with E-state index in [4.69, 9.17) is 5.73 Å². The van der Waals surface area contributed by atoms with E-state index >= 15 is 0 Å². The van der Waals surface area contributed by atoms with Crippen molar-refractivity contribution in [2.45, 2.75) is 29.0 Å². The maximum atomic E-state index is 6.16. The molecule has 90 valence electrons. The van der Waals surface area contributed by atoms with E-state index in [0.29, 0.717) is 0 Å². The van der Waals surface area contributed by atoms with E-state index < -0.39 is 0 Å². The highest BCUT2D eigenvalue weighted by Gasteiger charge is 2.22. The van der Waals surface area contributed by atoms with Crippen molar-refractivity contribution in [3.05, 3.63) is 36.4 Å². The summed E-state index contributed by atoms with van der Waals surface area (Å²) in [6, 6.07) is 5.97. The SMILES string of the molecule is CCC(N)C(Sc1ncns1)c1ccccn1. The predicted molar refractivity (Wildman–Crippen MR) is 71.0 cm³/mol. The Morgan fingerprint density at radius 2 is 2.29 bits per heavy atom. The molecule has 2 rings (SSSR count). The van der Waals surface area contributed by atoms with Crippen molar-refractivity contribution in [1.82, 2.24) is 14.3 Å². The zero-order chi connectivity index (χ0) is 12.1. The highest BCUT2D eigenvalue weighted by Crippen LogP contribution is 2.37. The number of nitrogens with two attached hydrogens (primary N) is 1. The summed E-state index contributed by atoms with van der Waals surface area (Å²) < 4.78 is 4.94. The fourth-order valence-corrected chi connectivity index (χ4v) is 3.29. The third-order valence-corrected chi connectivity index (χ3v) is 4.53. The monoisotopic (exact) mass is 266 g/mol. The first-order valence-corrected chi connectivity index (χ1v) is 7.06. The lowest BCUT2D eigenvalue weighted by molar-refractivity contribution is 0.624. The van der Waals surface area contributed by atoms with Gasteiger partial charge in [0.05, 0.1) is 10.9 Å². The predicted octanol–water partition coefficient (Wildman–Crippen LogP) is 2.50. The van der Waals surface area contributed by atoms with Gasteiger partial charge in [-0.3, -0.25) is 4.98 Å². The molecule has 2 heterocycles. The summed E-state index contributed by atoms with van der Waals surface area (Å²) in [6.07, 6.45) is 4.28. The minimum absolute atomic E-state index is 0.0683. The zero-order valence-electron chi connectivity index (χ0n) is 9.48. The van der Waals surface area contributed by atoms with Crippen LogP contribution in [-0.2, 0) is 0 Å². The molecule has 2 aromatic rings. The number of hydrogen-bond donors (Lipinski definition) is 1. The van der Waals surface area contributed by atoms with Gasteiger partial charge in [0.2, 0.25) is 0 Å². The third kappa shape index (κ3) is 3.24. The maximum Gasteiger partial charge on any atom is 0.170 e. The topological polar surface area (TPSA) is 64.7 Å². The highest BCUT2D eigenvalue weighted by atomic mass is 32.2. The highest BCUT2D eigenvalue weighted by molar-refractivity contribution is 8.01. The second-order valence-electron chi connectivity index (χ2n) is 3.57. The molecule has 17 heavy (non-hydrogen) atoms. The summed E-state index contributed by atoms with van der Waals surface area (Å²) in [5, 5.41) is 0.133. The Morgan fingerprint density at radius 1 is 1.41 bits per heavy atom. The van der Waals surface area contributed by atoms with Crippen LogP contribution < -0.4 is 5.73 Å². The van der Waals surface area contributed by atoms with Crippen LogP contribution in [0.3, 0.4) is 0 Å². The molecule has 0 amide bonds. The van der Waals surface area contributed by atoms with Gasteiger partial charge in [0.15, 0.2) is 4.34 Å². The summed E-state index contributed by atoms with van der Waals surface area (Å²) in [5.41, 5.74) is 7.16. The summed E-state index contributed by atoms with van der Waals surface area (Å²) >= 11 is 3.03. The lowest BCUT2D eigenvalue weighted by atomic mass is 10.1. The van der Waals surface area contributed by atoms with Crippen molar-refractivity contribution < 1.29 is 0 Å². The lowest BCUT2D eigenvalue weighted by Crippen LogP contribution is -2.26. The molecule has 0 saturated heterocycles. The molecule has 2 aromatic heterocycles. The van der Waals surface area contributed by atoms with Crippen LogP contribution in [0.2, 0.25) is 0 Å². The molecule has 0 aliphatic carbocycles. The van der Waals surface area contributed by atoms with E-state index in [1.165, 1.54) is 11.5 Å².